The molecule has 1 aliphatic rings. The summed E-state index contributed by atoms with van der Waals surface area (Å²) in [5.41, 5.74) is 6.45. The molecule has 0 fully saturated rings. The highest BCUT2D eigenvalue weighted by molar-refractivity contribution is 8.01. The average molecular weight is 324 g/mol. The first-order valence-electron chi connectivity index (χ1n) is 6.61. The van der Waals surface area contributed by atoms with E-state index < -0.39 is 9.84 Å². The van der Waals surface area contributed by atoms with Gasteiger partial charge in [0, 0.05) is 13.1 Å². The van der Waals surface area contributed by atoms with Crippen molar-refractivity contribution in [3.63, 3.8) is 0 Å². The highest BCUT2D eigenvalue weighted by Crippen LogP contribution is 2.44. The number of aryl methyl sites for hydroxylation is 1. The Morgan fingerprint density at radius 3 is 2.90 bits per heavy atom. The summed E-state index contributed by atoms with van der Waals surface area (Å²) in [5.74, 6) is 0.892. The largest absolute Gasteiger partial charge is 0.329 e. The van der Waals surface area contributed by atoms with Gasteiger partial charge in [0.05, 0.1) is 15.9 Å². The fraction of sp³-hybridized carbons (Fsp3) is 0.385. The smallest absolute Gasteiger partial charge is 0.191 e. The maximum absolute atomic E-state index is 12.2. The van der Waals surface area contributed by atoms with Gasteiger partial charge in [-0.1, -0.05) is 30.0 Å². The fourth-order valence-corrected chi connectivity index (χ4v) is 5.99. The zero-order chi connectivity index (χ0) is 15.0. The van der Waals surface area contributed by atoms with Gasteiger partial charge in [-0.05, 0) is 18.6 Å². The molecule has 0 saturated carbocycles. The highest BCUT2D eigenvalue weighted by Gasteiger charge is 2.35. The van der Waals surface area contributed by atoms with E-state index in [-0.39, 0.29) is 11.0 Å². The van der Waals surface area contributed by atoms with E-state index in [1.54, 1.807) is 12.1 Å². The van der Waals surface area contributed by atoms with Crippen LogP contribution in [0.15, 0.2) is 34.3 Å². The molecule has 0 spiro atoms. The third kappa shape index (κ3) is 2.58. The molecular weight excluding hydrogens is 308 g/mol. The van der Waals surface area contributed by atoms with Gasteiger partial charge in [-0.3, -0.25) is 0 Å². The van der Waals surface area contributed by atoms with Crippen molar-refractivity contribution in [1.29, 1.82) is 0 Å². The average Bonchev–Trinajstić information content (AvgIpc) is 2.92. The van der Waals surface area contributed by atoms with Crippen LogP contribution in [0.3, 0.4) is 0 Å². The van der Waals surface area contributed by atoms with Crippen LogP contribution in [-0.2, 0) is 16.4 Å². The van der Waals surface area contributed by atoms with E-state index in [0.29, 0.717) is 18.0 Å². The second-order valence-electron chi connectivity index (χ2n) is 4.90. The highest BCUT2D eigenvalue weighted by atomic mass is 32.2. The van der Waals surface area contributed by atoms with E-state index in [9.17, 15) is 8.42 Å². The minimum atomic E-state index is -3.20. The Bertz CT molecular complexity index is 770. The van der Waals surface area contributed by atoms with Crippen molar-refractivity contribution < 1.29 is 8.42 Å². The van der Waals surface area contributed by atoms with Gasteiger partial charge in [0.25, 0.3) is 0 Å². The van der Waals surface area contributed by atoms with E-state index in [2.05, 4.69) is 10.2 Å². The van der Waals surface area contributed by atoms with Crippen molar-refractivity contribution in [3.8, 4) is 0 Å². The van der Waals surface area contributed by atoms with Crippen molar-refractivity contribution in [1.82, 2.24) is 14.8 Å². The number of nitrogens with two attached hydrogens (primary N) is 1. The molecule has 0 radical (unpaired) electrons. The van der Waals surface area contributed by atoms with Gasteiger partial charge < -0.3 is 10.3 Å². The molecule has 2 N–H and O–H groups in total. The lowest BCUT2D eigenvalue weighted by atomic mass is 10.2. The number of rotatable bonds is 4. The third-order valence-corrected chi connectivity index (χ3v) is 6.72. The lowest BCUT2D eigenvalue weighted by Crippen LogP contribution is -2.12. The Morgan fingerprint density at radius 2 is 2.14 bits per heavy atom. The monoisotopic (exact) mass is 324 g/mol. The van der Waals surface area contributed by atoms with Gasteiger partial charge in [-0.2, -0.15) is 0 Å². The van der Waals surface area contributed by atoms with Crippen molar-refractivity contribution in [3.05, 3.63) is 35.7 Å². The Hall–Kier alpha value is -1.38. The first-order chi connectivity index (χ1) is 10.0. The van der Waals surface area contributed by atoms with Crippen LogP contribution >= 0.6 is 11.8 Å². The summed E-state index contributed by atoms with van der Waals surface area (Å²) < 4.78 is 26.3. The lowest BCUT2D eigenvalue weighted by molar-refractivity contribution is 0.599. The van der Waals surface area contributed by atoms with Gasteiger partial charge in [0.1, 0.15) is 5.82 Å². The maximum Gasteiger partial charge on any atom is 0.191 e. The van der Waals surface area contributed by atoms with Gasteiger partial charge in [0.2, 0.25) is 0 Å². The minimum Gasteiger partial charge on any atom is -0.329 e. The zero-order valence-electron chi connectivity index (χ0n) is 11.6. The number of thioether (sulfide) groups is 1. The van der Waals surface area contributed by atoms with Crippen LogP contribution in [0.5, 0.6) is 0 Å². The summed E-state index contributed by atoms with van der Waals surface area (Å²) in [5, 5.41) is 8.77. The van der Waals surface area contributed by atoms with Crippen LogP contribution in [0.4, 0.5) is 0 Å². The van der Waals surface area contributed by atoms with Gasteiger partial charge in [0.15, 0.2) is 15.0 Å². The first kappa shape index (κ1) is 14.6. The second kappa shape index (κ2) is 5.43. The van der Waals surface area contributed by atoms with Crippen LogP contribution in [-0.4, -0.2) is 35.5 Å². The molecule has 112 valence electrons. The second-order valence-corrected chi connectivity index (χ2v) is 8.07. The predicted octanol–water partition coefficient (Wildman–Crippen LogP) is 1.17. The standard InChI is InChI=1S/C13H16N4O2S2/c1-9-15-16-13(17(9)7-6-14)20-11-8-21(18,19)12-5-3-2-4-10(11)12/h2-5,11H,6-8,14H2,1H3. The quantitative estimate of drug-likeness (QED) is 0.907. The third-order valence-electron chi connectivity index (χ3n) is 3.47. The molecule has 6 nitrogen and oxygen atoms in total. The fourth-order valence-electron chi connectivity index (χ4n) is 2.47. The molecule has 0 amide bonds. The number of hydrogen-bond donors (Lipinski definition) is 1. The van der Waals surface area contributed by atoms with E-state index in [1.807, 2.05) is 23.6 Å². The number of benzene rings is 1. The Morgan fingerprint density at radius 1 is 1.38 bits per heavy atom. The summed E-state index contributed by atoms with van der Waals surface area (Å²) in [6.07, 6.45) is 0. The number of fused-ring (bicyclic) bond motifs is 1. The SMILES string of the molecule is Cc1nnc(SC2CS(=O)(=O)c3ccccc32)n1CCN. The van der Waals surface area contributed by atoms with Crippen LogP contribution in [0.25, 0.3) is 0 Å². The molecule has 1 unspecified atom stereocenters. The summed E-state index contributed by atoms with van der Waals surface area (Å²) >= 11 is 1.44. The Labute approximate surface area is 127 Å². The van der Waals surface area contributed by atoms with Crippen molar-refractivity contribution in [2.75, 3.05) is 12.3 Å². The van der Waals surface area contributed by atoms with Crippen molar-refractivity contribution >= 4 is 21.6 Å². The first-order valence-corrected chi connectivity index (χ1v) is 9.14. The number of hydrogen-bond acceptors (Lipinski definition) is 6. The van der Waals surface area contributed by atoms with Gasteiger partial charge in [-0.15, -0.1) is 10.2 Å². The number of nitrogens with zero attached hydrogens (tertiary/aromatic N) is 3. The van der Waals surface area contributed by atoms with Crippen LogP contribution in [0, 0.1) is 6.92 Å². The molecule has 1 aromatic carbocycles. The van der Waals surface area contributed by atoms with Crippen LogP contribution < -0.4 is 5.73 Å². The Balaban J connectivity index is 1.94. The molecule has 3 rings (SSSR count). The normalized spacial score (nSPS) is 19.6. The van der Waals surface area contributed by atoms with E-state index in [0.717, 1.165) is 16.5 Å². The van der Waals surface area contributed by atoms with E-state index >= 15 is 0 Å². The molecule has 0 bridgehead atoms. The summed E-state index contributed by atoms with van der Waals surface area (Å²) in [6, 6.07) is 7.16. The van der Waals surface area contributed by atoms with Crippen molar-refractivity contribution in [2.24, 2.45) is 5.73 Å². The van der Waals surface area contributed by atoms with Crippen molar-refractivity contribution in [2.45, 2.75) is 28.8 Å². The summed E-state index contributed by atoms with van der Waals surface area (Å²) in [4.78, 5) is 0.434. The molecule has 21 heavy (non-hydrogen) atoms. The molecule has 1 atom stereocenters. The molecule has 0 saturated heterocycles. The van der Waals surface area contributed by atoms with E-state index in [4.69, 9.17) is 5.73 Å². The topological polar surface area (TPSA) is 90.9 Å². The van der Waals surface area contributed by atoms with Crippen LogP contribution in [0.1, 0.15) is 16.6 Å². The molecule has 0 aliphatic carbocycles. The maximum atomic E-state index is 12.2. The van der Waals surface area contributed by atoms with E-state index in [1.165, 1.54) is 11.8 Å². The van der Waals surface area contributed by atoms with Crippen LogP contribution in [0.2, 0.25) is 0 Å². The van der Waals surface area contributed by atoms with Gasteiger partial charge in [-0.25, -0.2) is 8.42 Å². The molecular formula is C13H16N4O2S2. The number of sulfone groups is 1. The molecule has 2 heterocycles. The molecule has 8 heteroatoms. The minimum absolute atomic E-state index is 0.103. The number of aromatic nitrogens is 3. The molecule has 1 aliphatic heterocycles. The van der Waals surface area contributed by atoms with Gasteiger partial charge >= 0.3 is 0 Å². The molecule has 1 aromatic heterocycles. The lowest BCUT2D eigenvalue weighted by Gasteiger charge is -2.11. The Kier molecular flexibility index (Phi) is 3.76. The predicted molar refractivity (Wildman–Crippen MR) is 80.9 cm³/mol. The summed E-state index contributed by atoms with van der Waals surface area (Å²) in [6.45, 7) is 2.99. The zero-order valence-corrected chi connectivity index (χ0v) is 13.2. The molecule has 2 aromatic rings. The summed E-state index contributed by atoms with van der Waals surface area (Å²) in [7, 11) is -3.20.